The van der Waals surface area contributed by atoms with Gasteiger partial charge in [0.05, 0.1) is 0 Å². The molecule has 3 rings (SSSR count). The maximum atomic E-state index is 4.22. The first-order valence-electron chi connectivity index (χ1n) is 10.4. The molecule has 1 unspecified atom stereocenters. The lowest BCUT2D eigenvalue weighted by molar-refractivity contribution is 0.189. The third kappa shape index (κ3) is 4.43. The van der Waals surface area contributed by atoms with Gasteiger partial charge in [-0.2, -0.15) is 0 Å². The predicted octanol–water partition coefficient (Wildman–Crippen LogP) is 8.01. The van der Waals surface area contributed by atoms with E-state index >= 15 is 0 Å². The van der Waals surface area contributed by atoms with Crippen LogP contribution in [0.25, 0.3) is 16.7 Å². The Bertz CT molecular complexity index is 820. The highest BCUT2D eigenvalue weighted by atomic mass is 14.4. The summed E-state index contributed by atoms with van der Waals surface area (Å²) >= 11 is 0. The van der Waals surface area contributed by atoms with Crippen LogP contribution in [0.3, 0.4) is 0 Å². The molecular weight excluding hydrogens is 324 g/mol. The second-order valence-electron chi connectivity index (χ2n) is 8.73. The topological polar surface area (TPSA) is 0 Å². The van der Waals surface area contributed by atoms with E-state index in [0.29, 0.717) is 0 Å². The van der Waals surface area contributed by atoms with E-state index in [1.165, 1.54) is 59.9 Å². The second-order valence-corrected chi connectivity index (χ2v) is 8.73. The number of hydrogen-bond donors (Lipinski definition) is 0. The van der Waals surface area contributed by atoms with Crippen LogP contribution >= 0.6 is 0 Å². The van der Waals surface area contributed by atoms with Crippen LogP contribution in [-0.4, -0.2) is 0 Å². The number of hydrogen-bond acceptors (Lipinski definition) is 0. The van der Waals surface area contributed by atoms with Gasteiger partial charge in [0, 0.05) is 0 Å². The van der Waals surface area contributed by atoms with E-state index in [1.54, 1.807) is 0 Å². The molecule has 0 N–H and O–H groups in total. The van der Waals surface area contributed by atoms with E-state index in [4.69, 9.17) is 0 Å². The third-order valence-electron chi connectivity index (χ3n) is 6.56. The monoisotopic (exact) mass is 358 g/mol. The zero-order chi connectivity index (χ0) is 19.4. The van der Waals surface area contributed by atoms with Gasteiger partial charge in [0.1, 0.15) is 0 Å². The largest absolute Gasteiger partial charge is 0.103 e. The van der Waals surface area contributed by atoms with Crippen molar-refractivity contribution in [3.8, 4) is 11.1 Å². The van der Waals surface area contributed by atoms with Crippen LogP contribution in [0.15, 0.2) is 61.7 Å². The van der Waals surface area contributed by atoms with Crippen molar-refractivity contribution in [2.75, 3.05) is 0 Å². The van der Waals surface area contributed by atoms with Gasteiger partial charge in [-0.05, 0) is 78.3 Å². The standard InChI is InChI=1S/C27H34/c1-6-27(5,25-13-8-7-9-14-25)19-22-16-15-21(4)26(17-22)24-12-10-11-23(18-24)20(2)3/h6,10-12,15-18,25H,1-2,7-9,13-14,19H2,3-5H3. The Morgan fingerprint density at radius 3 is 2.52 bits per heavy atom. The molecule has 27 heavy (non-hydrogen) atoms. The summed E-state index contributed by atoms with van der Waals surface area (Å²) in [5.74, 6) is 0.764. The lowest BCUT2D eigenvalue weighted by Crippen LogP contribution is -2.29. The van der Waals surface area contributed by atoms with E-state index in [9.17, 15) is 0 Å². The fourth-order valence-electron chi connectivity index (χ4n) is 4.63. The van der Waals surface area contributed by atoms with Gasteiger partial charge in [-0.3, -0.25) is 0 Å². The Hall–Kier alpha value is -2.08. The van der Waals surface area contributed by atoms with Crippen LogP contribution in [0, 0.1) is 18.3 Å². The highest BCUT2D eigenvalue weighted by molar-refractivity contribution is 5.73. The van der Waals surface area contributed by atoms with E-state index in [-0.39, 0.29) is 5.41 Å². The highest BCUT2D eigenvalue weighted by Gasteiger charge is 2.32. The fraction of sp³-hybridized carbons (Fsp3) is 0.407. The van der Waals surface area contributed by atoms with Crippen molar-refractivity contribution in [3.05, 3.63) is 78.4 Å². The van der Waals surface area contributed by atoms with Crippen LogP contribution < -0.4 is 0 Å². The Kier molecular flexibility index (Phi) is 6.05. The zero-order valence-corrected chi connectivity index (χ0v) is 17.4. The van der Waals surface area contributed by atoms with Crippen LogP contribution in [0.4, 0.5) is 0 Å². The molecule has 0 nitrogen and oxygen atoms in total. The molecule has 1 atom stereocenters. The van der Waals surface area contributed by atoms with Crippen LogP contribution in [0.1, 0.15) is 62.6 Å². The van der Waals surface area contributed by atoms with Crippen molar-refractivity contribution in [3.63, 3.8) is 0 Å². The normalized spacial score (nSPS) is 17.3. The molecule has 0 spiro atoms. The molecule has 1 fully saturated rings. The Morgan fingerprint density at radius 1 is 1.11 bits per heavy atom. The first kappa shape index (κ1) is 19.7. The number of allylic oxidation sites excluding steroid dienone is 2. The molecule has 0 aliphatic heterocycles. The molecule has 0 aromatic heterocycles. The van der Waals surface area contributed by atoms with Gasteiger partial charge in [-0.25, -0.2) is 0 Å². The Labute approximate surface area is 166 Å². The minimum Gasteiger partial charge on any atom is -0.103 e. The lowest BCUT2D eigenvalue weighted by atomic mass is 9.67. The summed E-state index contributed by atoms with van der Waals surface area (Å²) in [6, 6.07) is 15.8. The van der Waals surface area contributed by atoms with Crippen molar-refractivity contribution in [2.45, 2.75) is 59.3 Å². The first-order valence-corrected chi connectivity index (χ1v) is 10.4. The van der Waals surface area contributed by atoms with Crippen molar-refractivity contribution >= 4 is 5.57 Å². The predicted molar refractivity (Wildman–Crippen MR) is 120 cm³/mol. The van der Waals surface area contributed by atoms with Gasteiger partial charge in [-0.15, -0.1) is 6.58 Å². The Morgan fingerprint density at radius 2 is 1.85 bits per heavy atom. The number of aryl methyl sites for hydroxylation is 1. The van der Waals surface area contributed by atoms with Crippen molar-refractivity contribution in [1.82, 2.24) is 0 Å². The Balaban J connectivity index is 1.92. The van der Waals surface area contributed by atoms with Crippen LogP contribution in [0.2, 0.25) is 0 Å². The summed E-state index contributed by atoms with van der Waals surface area (Å²) in [5.41, 5.74) is 7.89. The molecular formula is C27H34. The molecule has 142 valence electrons. The molecule has 2 aromatic carbocycles. The fourth-order valence-corrected chi connectivity index (χ4v) is 4.63. The first-order chi connectivity index (χ1) is 12.9. The smallest absolute Gasteiger partial charge is 0.00806 e. The molecule has 0 heteroatoms. The summed E-state index contributed by atoms with van der Waals surface area (Å²) < 4.78 is 0. The van der Waals surface area contributed by atoms with Gasteiger partial charge in [0.2, 0.25) is 0 Å². The van der Waals surface area contributed by atoms with Crippen molar-refractivity contribution in [2.24, 2.45) is 11.3 Å². The maximum absolute atomic E-state index is 4.22. The van der Waals surface area contributed by atoms with E-state index in [2.05, 4.69) is 82.5 Å². The number of benzene rings is 2. The highest BCUT2D eigenvalue weighted by Crippen LogP contribution is 2.42. The average Bonchev–Trinajstić information content (AvgIpc) is 2.70. The minimum atomic E-state index is 0.187. The lowest BCUT2D eigenvalue weighted by Gasteiger charge is -2.38. The summed E-state index contributed by atoms with van der Waals surface area (Å²) in [6.45, 7) is 15.0. The molecule has 0 amide bonds. The zero-order valence-electron chi connectivity index (χ0n) is 17.4. The summed E-state index contributed by atoms with van der Waals surface area (Å²) in [6.07, 6.45) is 10.2. The quantitative estimate of drug-likeness (QED) is 0.459. The van der Waals surface area contributed by atoms with Crippen LogP contribution in [-0.2, 0) is 6.42 Å². The van der Waals surface area contributed by atoms with Crippen LogP contribution in [0.5, 0.6) is 0 Å². The molecule has 0 heterocycles. The minimum absolute atomic E-state index is 0.187. The number of rotatable bonds is 6. The van der Waals surface area contributed by atoms with E-state index in [1.807, 2.05) is 0 Å². The maximum Gasteiger partial charge on any atom is -0.00806 e. The third-order valence-corrected chi connectivity index (χ3v) is 6.56. The van der Waals surface area contributed by atoms with E-state index < -0.39 is 0 Å². The summed E-state index contributed by atoms with van der Waals surface area (Å²) in [4.78, 5) is 0. The molecule has 2 aromatic rings. The second kappa shape index (κ2) is 8.30. The molecule has 1 aliphatic rings. The molecule has 0 radical (unpaired) electrons. The van der Waals surface area contributed by atoms with Gasteiger partial charge < -0.3 is 0 Å². The molecule has 0 saturated heterocycles. The van der Waals surface area contributed by atoms with Crippen molar-refractivity contribution in [1.29, 1.82) is 0 Å². The van der Waals surface area contributed by atoms with Gasteiger partial charge in [0.15, 0.2) is 0 Å². The van der Waals surface area contributed by atoms with Crippen molar-refractivity contribution < 1.29 is 0 Å². The van der Waals surface area contributed by atoms with Gasteiger partial charge in [0.25, 0.3) is 0 Å². The SMILES string of the molecule is C=CC(C)(Cc1ccc(C)c(-c2cccc(C(=C)C)c2)c1)C1CCCCC1. The molecule has 0 bridgehead atoms. The van der Waals surface area contributed by atoms with Gasteiger partial charge in [-0.1, -0.05) is 80.8 Å². The van der Waals surface area contributed by atoms with E-state index in [0.717, 1.165) is 17.9 Å². The van der Waals surface area contributed by atoms with Gasteiger partial charge >= 0.3 is 0 Å². The molecule has 1 aliphatic carbocycles. The average molecular weight is 359 g/mol. The summed E-state index contributed by atoms with van der Waals surface area (Å²) in [5, 5.41) is 0. The summed E-state index contributed by atoms with van der Waals surface area (Å²) in [7, 11) is 0. The molecule has 1 saturated carbocycles.